The Labute approximate surface area is 139 Å². The number of anilines is 1. The third-order valence-electron chi connectivity index (χ3n) is 5.38. The van der Waals surface area contributed by atoms with Gasteiger partial charge in [0.25, 0.3) is 0 Å². The van der Waals surface area contributed by atoms with Crippen LogP contribution in [-0.2, 0) is 6.42 Å². The van der Waals surface area contributed by atoms with Gasteiger partial charge in [-0.15, -0.1) is 0 Å². The van der Waals surface area contributed by atoms with E-state index in [0.29, 0.717) is 12.0 Å². The molecule has 0 saturated carbocycles. The maximum atomic E-state index is 4.43. The molecular formula is C20H25N3. The predicted molar refractivity (Wildman–Crippen MR) is 95.2 cm³/mol. The first-order chi connectivity index (χ1) is 11.1. The van der Waals surface area contributed by atoms with Gasteiger partial charge >= 0.3 is 0 Å². The van der Waals surface area contributed by atoms with Crippen molar-refractivity contribution in [1.82, 2.24) is 9.88 Å². The molecule has 4 rings (SSSR count). The van der Waals surface area contributed by atoms with Gasteiger partial charge in [0, 0.05) is 49.2 Å². The van der Waals surface area contributed by atoms with E-state index in [1.807, 2.05) is 13.1 Å². The van der Waals surface area contributed by atoms with Gasteiger partial charge in [-0.25, -0.2) is 0 Å². The molecule has 1 aromatic carbocycles. The molecule has 0 radical (unpaired) electrons. The Morgan fingerprint density at radius 3 is 2.78 bits per heavy atom. The fourth-order valence-corrected chi connectivity index (χ4v) is 4.19. The van der Waals surface area contributed by atoms with Crippen molar-refractivity contribution in [3.63, 3.8) is 0 Å². The monoisotopic (exact) mass is 307 g/mol. The van der Waals surface area contributed by atoms with Crippen molar-refractivity contribution < 1.29 is 0 Å². The molecule has 23 heavy (non-hydrogen) atoms. The highest BCUT2D eigenvalue weighted by molar-refractivity contribution is 5.64. The number of benzene rings is 1. The maximum Gasteiger partial charge on any atom is 0.0498 e. The number of pyridine rings is 1. The molecule has 0 N–H and O–H groups in total. The van der Waals surface area contributed by atoms with Gasteiger partial charge in [-0.1, -0.05) is 23.8 Å². The number of hydrogen-bond acceptors (Lipinski definition) is 3. The van der Waals surface area contributed by atoms with Crippen molar-refractivity contribution in [3.05, 3.63) is 58.9 Å². The highest BCUT2D eigenvalue weighted by Gasteiger charge is 2.43. The standard InChI is InChI=1S/C20H25N3/c1-14-4-7-19-17(10-14)18-12-22(3)13-20(18)23(19)9-8-16-6-5-15(2)21-11-16/h4-7,10-11,18,20H,8-9,12-13H2,1-3H3. The van der Waals surface area contributed by atoms with Gasteiger partial charge in [-0.05, 0) is 50.6 Å². The van der Waals surface area contributed by atoms with Gasteiger partial charge < -0.3 is 9.80 Å². The summed E-state index contributed by atoms with van der Waals surface area (Å²) in [5.41, 5.74) is 6.81. The van der Waals surface area contributed by atoms with Crippen LogP contribution in [-0.4, -0.2) is 42.6 Å². The van der Waals surface area contributed by atoms with Crippen molar-refractivity contribution in [2.75, 3.05) is 31.6 Å². The molecule has 2 aromatic rings. The molecule has 2 atom stereocenters. The zero-order valence-electron chi connectivity index (χ0n) is 14.3. The second-order valence-corrected chi connectivity index (χ2v) is 7.21. The molecule has 2 aliphatic rings. The van der Waals surface area contributed by atoms with Gasteiger partial charge in [0.2, 0.25) is 0 Å². The largest absolute Gasteiger partial charge is 0.366 e. The fourth-order valence-electron chi connectivity index (χ4n) is 4.19. The van der Waals surface area contributed by atoms with Gasteiger partial charge in [0.05, 0.1) is 0 Å². The minimum absolute atomic E-state index is 0.634. The summed E-state index contributed by atoms with van der Waals surface area (Å²) in [7, 11) is 2.25. The summed E-state index contributed by atoms with van der Waals surface area (Å²) < 4.78 is 0. The van der Waals surface area contributed by atoms with Crippen molar-refractivity contribution in [1.29, 1.82) is 0 Å². The highest BCUT2D eigenvalue weighted by Crippen LogP contribution is 2.44. The van der Waals surface area contributed by atoms with Crippen molar-refractivity contribution in [2.45, 2.75) is 32.2 Å². The zero-order chi connectivity index (χ0) is 16.0. The molecule has 3 heterocycles. The summed E-state index contributed by atoms with van der Waals surface area (Å²) in [5, 5.41) is 0. The second-order valence-electron chi connectivity index (χ2n) is 7.21. The molecule has 120 valence electrons. The first-order valence-electron chi connectivity index (χ1n) is 8.59. The number of hydrogen-bond donors (Lipinski definition) is 0. The Bertz CT molecular complexity index is 707. The molecule has 0 aliphatic carbocycles. The third kappa shape index (κ3) is 2.63. The first-order valence-corrected chi connectivity index (χ1v) is 8.59. The van der Waals surface area contributed by atoms with E-state index >= 15 is 0 Å². The summed E-state index contributed by atoms with van der Waals surface area (Å²) in [6, 6.07) is 11.9. The first kappa shape index (κ1) is 14.7. The number of aryl methyl sites for hydroxylation is 2. The van der Waals surface area contributed by atoms with Crippen LogP contribution in [0.15, 0.2) is 36.5 Å². The molecule has 3 nitrogen and oxygen atoms in total. The van der Waals surface area contributed by atoms with Gasteiger partial charge in [-0.3, -0.25) is 4.98 Å². The quantitative estimate of drug-likeness (QED) is 0.868. The van der Waals surface area contributed by atoms with Crippen LogP contribution in [0.25, 0.3) is 0 Å². The van der Waals surface area contributed by atoms with Crippen LogP contribution in [0, 0.1) is 13.8 Å². The Morgan fingerprint density at radius 2 is 2.00 bits per heavy atom. The van der Waals surface area contributed by atoms with Gasteiger partial charge in [0.1, 0.15) is 0 Å². The summed E-state index contributed by atoms with van der Waals surface area (Å²) in [6.07, 6.45) is 3.09. The Morgan fingerprint density at radius 1 is 1.13 bits per heavy atom. The predicted octanol–water partition coefficient (Wildman–Crippen LogP) is 3.16. The van der Waals surface area contributed by atoms with Crippen molar-refractivity contribution >= 4 is 5.69 Å². The second kappa shape index (κ2) is 5.64. The van der Waals surface area contributed by atoms with Crippen molar-refractivity contribution in [3.8, 4) is 0 Å². The minimum atomic E-state index is 0.634. The average Bonchev–Trinajstić information content (AvgIpc) is 3.03. The van der Waals surface area contributed by atoms with E-state index in [4.69, 9.17) is 0 Å². The smallest absolute Gasteiger partial charge is 0.0498 e. The number of rotatable bonds is 3. The molecule has 0 spiro atoms. The van der Waals surface area contributed by atoms with Crippen LogP contribution in [0.1, 0.15) is 28.3 Å². The number of nitrogens with zero attached hydrogens (tertiary/aromatic N) is 3. The van der Waals surface area contributed by atoms with Crippen LogP contribution in [0.5, 0.6) is 0 Å². The maximum absolute atomic E-state index is 4.43. The molecule has 3 heteroatoms. The summed E-state index contributed by atoms with van der Waals surface area (Å²) in [4.78, 5) is 9.55. The molecule has 0 bridgehead atoms. The van der Waals surface area contributed by atoms with E-state index in [2.05, 4.69) is 59.1 Å². The fraction of sp³-hybridized carbons (Fsp3) is 0.450. The summed E-state index contributed by atoms with van der Waals surface area (Å²) >= 11 is 0. The molecule has 1 saturated heterocycles. The molecule has 2 aliphatic heterocycles. The SMILES string of the molecule is Cc1ccc2c(c1)C1CN(C)CC1N2CCc1ccc(C)nc1. The zero-order valence-corrected chi connectivity index (χ0v) is 14.3. The lowest BCUT2D eigenvalue weighted by atomic mass is 9.97. The number of fused-ring (bicyclic) bond motifs is 3. The topological polar surface area (TPSA) is 19.4 Å². The summed E-state index contributed by atoms with van der Waals surface area (Å²) in [6.45, 7) is 7.68. The lowest BCUT2D eigenvalue weighted by Gasteiger charge is -2.27. The van der Waals surface area contributed by atoms with Crippen LogP contribution < -0.4 is 4.90 Å². The van der Waals surface area contributed by atoms with E-state index in [0.717, 1.165) is 18.7 Å². The van der Waals surface area contributed by atoms with E-state index in [1.54, 1.807) is 5.56 Å². The number of likely N-dealkylation sites (tertiary alicyclic amines) is 1. The van der Waals surface area contributed by atoms with E-state index in [1.165, 1.54) is 29.9 Å². The molecule has 1 aromatic heterocycles. The van der Waals surface area contributed by atoms with Crippen molar-refractivity contribution in [2.24, 2.45) is 0 Å². The van der Waals surface area contributed by atoms with Gasteiger partial charge in [-0.2, -0.15) is 0 Å². The van der Waals surface area contributed by atoms with E-state index in [9.17, 15) is 0 Å². The number of likely N-dealkylation sites (N-methyl/N-ethyl adjacent to an activating group) is 1. The normalized spacial score (nSPS) is 23.2. The van der Waals surface area contributed by atoms with Crippen LogP contribution >= 0.6 is 0 Å². The lowest BCUT2D eigenvalue weighted by Crippen LogP contribution is -2.37. The highest BCUT2D eigenvalue weighted by atomic mass is 15.3. The lowest BCUT2D eigenvalue weighted by molar-refractivity contribution is 0.403. The number of aromatic nitrogens is 1. The molecule has 2 unspecified atom stereocenters. The van der Waals surface area contributed by atoms with Gasteiger partial charge in [0.15, 0.2) is 0 Å². The van der Waals surface area contributed by atoms with Crippen LogP contribution in [0.4, 0.5) is 5.69 Å². The molecule has 0 amide bonds. The minimum Gasteiger partial charge on any atom is -0.366 e. The molecule has 1 fully saturated rings. The third-order valence-corrected chi connectivity index (χ3v) is 5.38. The Hall–Kier alpha value is -1.87. The van der Waals surface area contributed by atoms with E-state index in [-0.39, 0.29) is 0 Å². The van der Waals surface area contributed by atoms with Crippen LogP contribution in [0.3, 0.4) is 0 Å². The average molecular weight is 307 g/mol. The van der Waals surface area contributed by atoms with E-state index < -0.39 is 0 Å². The molecular weight excluding hydrogens is 282 g/mol. The Balaban J connectivity index is 1.58. The summed E-state index contributed by atoms with van der Waals surface area (Å²) in [5.74, 6) is 0.672. The van der Waals surface area contributed by atoms with Crippen LogP contribution in [0.2, 0.25) is 0 Å². The Kier molecular flexibility index (Phi) is 3.61.